The van der Waals surface area contributed by atoms with Crippen molar-refractivity contribution >= 4 is 48.2 Å². The molecule has 176 valence electrons. The lowest BCUT2D eigenvalue weighted by atomic mass is 10.0. The third kappa shape index (κ3) is 3.59. The molecule has 2 heterocycles. The van der Waals surface area contributed by atoms with Gasteiger partial charge in [-0.15, -0.1) is 0 Å². The van der Waals surface area contributed by atoms with Gasteiger partial charge in [0.05, 0.1) is 4.90 Å². The lowest BCUT2D eigenvalue weighted by Crippen LogP contribution is -2.30. The molecule has 0 aliphatic carbocycles. The monoisotopic (exact) mass is 503 g/mol. The Hall–Kier alpha value is -3.48. The Kier molecular flexibility index (Phi) is 5.11. The quantitative estimate of drug-likeness (QED) is 0.561. The molecular weight excluding hydrogens is 485 g/mol. The summed E-state index contributed by atoms with van der Waals surface area (Å²) in [4.78, 5) is 11.7. The van der Waals surface area contributed by atoms with Crippen LogP contribution in [-0.2, 0) is 25.0 Å². The van der Waals surface area contributed by atoms with E-state index in [1.807, 2.05) is 0 Å². The van der Waals surface area contributed by atoms with E-state index in [1.54, 1.807) is 41.1 Å². The van der Waals surface area contributed by atoms with E-state index in [2.05, 4.69) is 0 Å². The zero-order valence-electron chi connectivity index (χ0n) is 17.5. The van der Waals surface area contributed by atoms with Crippen LogP contribution in [0.4, 0.5) is 10.1 Å². The van der Waals surface area contributed by atoms with E-state index >= 15 is 4.39 Å². The minimum absolute atomic E-state index is 0.0186. The van der Waals surface area contributed by atoms with Crippen molar-refractivity contribution in [3.8, 4) is 5.75 Å². The highest BCUT2D eigenvalue weighted by Crippen LogP contribution is 2.39. The van der Waals surface area contributed by atoms with Gasteiger partial charge in [0.25, 0.3) is 5.91 Å². The van der Waals surface area contributed by atoms with Crippen LogP contribution in [0.1, 0.15) is 5.56 Å². The predicted octanol–water partition coefficient (Wildman–Crippen LogP) is 1.95. The van der Waals surface area contributed by atoms with Gasteiger partial charge in [0.1, 0.15) is 18.0 Å². The highest BCUT2D eigenvalue weighted by atomic mass is 32.2. The molecule has 2 N–H and O–H groups in total. The van der Waals surface area contributed by atoms with Crippen molar-refractivity contribution in [2.45, 2.75) is 4.90 Å². The van der Waals surface area contributed by atoms with E-state index in [1.165, 1.54) is 28.6 Å². The molecule has 0 spiro atoms. The van der Waals surface area contributed by atoms with Gasteiger partial charge in [-0.1, -0.05) is 36.4 Å². The number of carbonyl (C=O) groups excluding carboxylic acids is 1. The number of nitrogens with one attached hydrogen (secondary N) is 1. The number of carbonyl (C=O) groups is 1. The third-order valence-corrected chi connectivity index (χ3v) is 8.95. The number of hydrogen-bond donors (Lipinski definition) is 2. The van der Waals surface area contributed by atoms with Crippen molar-refractivity contribution in [2.24, 2.45) is 0 Å². The van der Waals surface area contributed by atoms with Gasteiger partial charge >= 0.3 is 10.2 Å². The normalized spacial score (nSPS) is 18.3. The second-order valence-electron chi connectivity index (χ2n) is 7.87. The predicted molar refractivity (Wildman–Crippen MR) is 123 cm³/mol. The van der Waals surface area contributed by atoms with Crippen LogP contribution >= 0.6 is 0 Å². The van der Waals surface area contributed by atoms with Gasteiger partial charge in [-0.25, -0.2) is 21.8 Å². The highest BCUT2D eigenvalue weighted by molar-refractivity contribution is 7.92. The smallest absolute Gasteiger partial charge is 0.326 e. The molecule has 2 aliphatic rings. The fourth-order valence-electron chi connectivity index (χ4n) is 4.08. The molecule has 0 aromatic heterocycles. The zero-order valence-corrected chi connectivity index (χ0v) is 19.1. The van der Waals surface area contributed by atoms with Gasteiger partial charge in [0.15, 0.2) is 5.82 Å². The minimum atomic E-state index is -4.33. The van der Waals surface area contributed by atoms with Crippen LogP contribution in [0, 0.1) is 5.82 Å². The summed E-state index contributed by atoms with van der Waals surface area (Å²) in [6, 6.07) is 13.9. The molecule has 34 heavy (non-hydrogen) atoms. The Labute approximate surface area is 195 Å². The van der Waals surface area contributed by atoms with E-state index in [-0.39, 0.29) is 23.4 Å². The Morgan fingerprint density at radius 3 is 2.44 bits per heavy atom. The van der Waals surface area contributed by atoms with Gasteiger partial charge in [-0.3, -0.25) is 4.79 Å². The average molecular weight is 504 g/mol. The Balaban J connectivity index is 1.51. The van der Waals surface area contributed by atoms with Crippen LogP contribution in [0.25, 0.3) is 16.3 Å². The van der Waals surface area contributed by atoms with E-state index in [0.717, 1.165) is 0 Å². The van der Waals surface area contributed by atoms with Crippen molar-refractivity contribution in [3.63, 3.8) is 0 Å². The maximum Gasteiger partial charge on any atom is 0.326 e. The minimum Gasteiger partial charge on any atom is -0.506 e. The summed E-state index contributed by atoms with van der Waals surface area (Å²) in [5.41, 5.74) is 0.574. The van der Waals surface area contributed by atoms with Crippen LogP contribution in [0.3, 0.4) is 0 Å². The number of rotatable bonds is 4. The summed E-state index contributed by atoms with van der Waals surface area (Å²) in [5.74, 6) is -2.48. The van der Waals surface area contributed by atoms with Gasteiger partial charge in [-0.2, -0.15) is 12.7 Å². The average Bonchev–Trinajstić information content (AvgIpc) is 3.39. The van der Waals surface area contributed by atoms with Crippen LogP contribution in [0.2, 0.25) is 0 Å². The number of hydrogen-bond acceptors (Lipinski definition) is 6. The van der Waals surface area contributed by atoms with Crippen molar-refractivity contribution in [2.75, 3.05) is 23.9 Å². The van der Waals surface area contributed by atoms with Crippen molar-refractivity contribution in [3.05, 3.63) is 72.1 Å². The van der Waals surface area contributed by atoms with Gasteiger partial charge < -0.3 is 5.11 Å². The highest BCUT2D eigenvalue weighted by Gasteiger charge is 2.38. The lowest BCUT2D eigenvalue weighted by molar-refractivity contribution is -0.117. The first kappa shape index (κ1) is 22.3. The van der Waals surface area contributed by atoms with Gasteiger partial charge in [0, 0.05) is 18.5 Å². The van der Waals surface area contributed by atoms with E-state index in [9.17, 15) is 26.7 Å². The molecule has 0 unspecified atom stereocenters. The molecule has 9 nitrogen and oxygen atoms in total. The first-order chi connectivity index (χ1) is 16.1. The van der Waals surface area contributed by atoms with Crippen molar-refractivity contribution < 1.29 is 31.1 Å². The molecule has 1 fully saturated rings. The summed E-state index contributed by atoms with van der Waals surface area (Å²) in [6.07, 6.45) is 1.73. The molecule has 0 radical (unpaired) electrons. The van der Waals surface area contributed by atoms with E-state index in [4.69, 9.17) is 0 Å². The molecular formula is C22H18FN3O6S2. The number of phenolic OH excluding ortho intramolecular Hbond substituents is 1. The summed E-state index contributed by atoms with van der Waals surface area (Å²) < 4.78 is 69.2. The van der Waals surface area contributed by atoms with Crippen molar-refractivity contribution in [1.82, 2.24) is 9.03 Å². The SMILES string of the molecule is O=C1CN(c2c(O)cc3ccc(C4=CCN(S(=O)(=O)c5ccccc5)C4)cc3c2F)S(=O)(=O)N1. The number of sulfonamides is 1. The number of amides is 1. The fraction of sp³-hybridized carbons (Fsp3) is 0.136. The molecule has 0 saturated carbocycles. The van der Waals surface area contributed by atoms with E-state index < -0.39 is 49.9 Å². The number of halogens is 1. The number of aromatic hydroxyl groups is 1. The van der Waals surface area contributed by atoms with E-state index in [0.29, 0.717) is 20.8 Å². The van der Waals surface area contributed by atoms with Crippen LogP contribution < -0.4 is 9.03 Å². The number of phenols is 1. The number of fused-ring (bicyclic) bond motifs is 1. The zero-order chi connectivity index (χ0) is 24.3. The molecule has 0 bridgehead atoms. The molecule has 0 atom stereocenters. The lowest BCUT2D eigenvalue weighted by Gasteiger charge is -2.19. The first-order valence-corrected chi connectivity index (χ1v) is 13.0. The largest absolute Gasteiger partial charge is 0.506 e. The van der Waals surface area contributed by atoms with Gasteiger partial charge in [-0.05, 0) is 40.8 Å². The summed E-state index contributed by atoms with van der Waals surface area (Å²) in [5, 5.41) is 10.6. The van der Waals surface area contributed by atoms with Crippen LogP contribution in [-0.4, -0.2) is 51.8 Å². The second-order valence-corrected chi connectivity index (χ2v) is 11.4. The molecule has 1 amide bonds. The molecule has 12 heteroatoms. The second kappa shape index (κ2) is 7.79. The Bertz CT molecular complexity index is 1590. The molecule has 2 aliphatic heterocycles. The number of benzene rings is 3. The number of anilines is 1. The van der Waals surface area contributed by atoms with Crippen LogP contribution in [0.15, 0.2) is 65.6 Å². The Morgan fingerprint density at radius 2 is 1.76 bits per heavy atom. The topological polar surface area (TPSA) is 124 Å². The van der Waals surface area contributed by atoms with Crippen molar-refractivity contribution in [1.29, 1.82) is 0 Å². The molecule has 3 aromatic rings. The first-order valence-electron chi connectivity index (χ1n) is 10.1. The standard InChI is InChI=1S/C22H18FN3O6S2/c23-21-18-10-14(16-8-9-25(12-16)33(29,30)17-4-2-1-3-5-17)6-7-15(18)11-19(27)22(21)26-13-20(28)24-34(26,31)32/h1-8,10-11,27H,9,12-13H2,(H,24,28). The van der Waals surface area contributed by atoms with Gasteiger partial charge in [0.2, 0.25) is 10.0 Å². The third-order valence-electron chi connectivity index (χ3n) is 5.74. The Morgan fingerprint density at radius 1 is 1.03 bits per heavy atom. The molecule has 5 rings (SSSR count). The number of nitrogens with zero attached hydrogens (tertiary/aromatic N) is 2. The maximum atomic E-state index is 15.5. The summed E-state index contributed by atoms with van der Waals surface area (Å²) in [7, 11) is -8.04. The summed E-state index contributed by atoms with van der Waals surface area (Å²) >= 11 is 0. The molecule has 1 saturated heterocycles. The molecule has 3 aromatic carbocycles. The van der Waals surface area contributed by atoms with Crippen LogP contribution in [0.5, 0.6) is 5.75 Å². The summed E-state index contributed by atoms with van der Waals surface area (Å²) in [6.45, 7) is -0.433. The fourth-order valence-corrected chi connectivity index (χ4v) is 6.62. The maximum absolute atomic E-state index is 15.5.